The summed E-state index contributed by atoms with van der Waals surface area (Å²) in [6.45, 7) is 1.78. The standard InChI is InChI=1S/C14H19Br2NO/c15-12-6-11(14(18)13(16)7-12)9-17-8-10-4-2-1-3-5-10/h6-7,10,17-18H,1-5,8-9H2. The van der Waals surface area contributed by atoms with Gasteiger partial charge in [-0.3, -0.25) is 0 Å². The molecule has 0 spiro atoms. The van der Waals surface area contributed by atoms with Crippen molar-refractivity contribution in [3.8, 4) is 5.75 Å². The molecule has 0 atom stereocenters. The second-order valence-corrected chi connectivity index (χ2v) is 6.80. The quantitative estimate of drug-likeness (QED) is 0.805. The minimum atomic E-state index is 0.342. The van der Waals surface area contributed by atoms with E-state index >= 15 is 0 Å². The third-order valence-corrected chi connectivity index (χ3v) is 4.64. The molecule has 1 aliphatic carbocycles. The highest BCUT2D eigenvalue weighted by molar-refractivity contribution is 9.11. The van der Waals surface area contributed by atoms with E-state index in [1.807, 2.05) is 12.1 Å². The van der Waals surface area contributed by atoms with Crippen molar-refractivity contribution in [2.45, 2.75) is 38.6 Å². The number of hydrogen-bond acceptors (Lipinski definition) is 2. The minimum Gasteiger partial charge on any atom is -0.506 e. The van der Waals surface area contributed by atoms with E-state index < -0.39 is 0 Å². The zero-order chi connectivity index (χ0) is 13.0. The Hall–Kier alpha value is -0.0600. The molecule has 0 unspecified atom stereocenters. The first-order chi connectivity index (χ1) is 8.66. The van der Waals surface area contributed by atoms with Gasteiger partial charge in [-0.25, -0.2) is 0 Å². The van der Waals surface area contributed by atoms with Gasteiger partial charge in [0, 0.05) is 16.6 Å². The minimum absolute atomic E-state index is 0.342. The van der Waals surface area contributed by atoms with E-state index in [1.54, 1.807) is 0 Å². The Balaban J connectivity index is 1.86. The van der Waals surface area contributed by atoms with Crippen LogP contribution in [0.15, 0.2) is 21.1 Å². The van der Waals surface area contributed by atoms with E-state index in [0.717, 1.165) is 33.5 Å². The van der Waals surface area contributed by atoms with Crippen LogP contribution in [0, 0.1) is 5.92 Å². The summed E-state index contributed by atoms with van der Waals surface area (Å²) in [5.41, 5.74) is 0.937. The van der Waals surface area contributed by atoms with Gasteiger partial charge in [0.15, 0.2) is 0 Å². The third-order valence-electron chi connectivity index (χ3n) is 3.58. The average molecular weight is 377 g/mol. The lowest BCUT2D eigenvalue weighted by atomic mass is 9.89. The van der Waals surface area contributed by atoms with Crippen LogP contribution in [0.5, 0.6) is 5.75 Å². The number of nitrogens with one attached hydrogen (secondary N) is 1. The SMILES string of the molecule is Oc1c(Br)cc(Br)cc1CNCC1CCCCC1. The molecule has 18 heavy (non-hydrogen) atoms. The molecule has 2 N–H and O–H groups in total. The van der Waals surface area contributed by atoms with E-state index in [4.69, 9.17) is 0 Å². The molecule has 0 radical (unpaired) electrons. The smallest absolute Gasteiger partial charge is 0.134 e. The molecule has 0 aliphatic heterocycles. The van der Waals surface area contributed by atoms with E-state index in [0.29, 0.717) is 5.75 Å². The van der Waals surface area contributed by atoms with Crippen LogP contribution < -0.4 is 5.32 Å². The lowest BCUT2D eigenvalue weighted by Gasteiger charge is -2.22. The Bertz CT molecular complexity index is 403. The van der Waals surface area contributed by atoms with Gasteiger partial charge in [0.2, 0.25) is 0 Å². The molecular weight excluding hydrogens is 358 g/mol. The monoisotopic (exact) mass is 375 g/mol. The molecule has 0 amide bonds. The molecule has 0 saturated heterocycles. The Morgan fingerprint density at radius 3 is 2.61 bits per heavy atom. The van der Waals surface area contributed by atoms with E-state index in [2.05, 4.69) is 37.2 Å². The second-order valence-electron chi connectivity index (χ2n) is 5.03. The van der Waals surface area contributed by atoms with Crippen molar-refractivity contribution in [2.75, 3.05) is 6.54 Å². The fraction of sp³-hybridized carbons (Fsp3) is 0.571. The highest BCUT2D eigenvalue weighted by Crippen LogP contribution is 2.31. The molecule has 0 aromatic heterocycles. The summed E-state index contributed by atoms with van der Waals surface area (Å²) in [5.74, 6) is 1.16. The van der Waals surface area contributed by atoms with Crippen LogP contribution >= 0.6 is 31.9 Å². The molecule has 1 saturated carbocycles. The van der Waals surface area contributed by atoms with Crippen LogP contribution in [0.1, 0.15) is 37.7 Å². The summed E-state index contributed by atoms with van der Waals surface area (Å²) in [4.78, 5) is 0. The van der Waals surface area contributed by atoms with E-state index in [9.17, 15) is 5.11 Å². The van der Waals surface area contributed by atoms with Gasteiger partial charge < -0.3 is 10.4 Å². The molecular formula is C14H19Br2NO. The predicted octanol–water partition coefficient (Wildman–Crippen LogP) is 4.59. The molecule has 0 bridgehead atoms. The van der Waals surface area contributed by atoms with Crippen molar-refractivity contribution < 1.29 is 5.11 Å². The molecule has 1 aromatic carbocycles. The Morgan fingerprint density at radius 1 is 1.17 bits per heavy atom. The third kappa shape index (κ3) is 3.97. The summed E-state index contributed by atoms with van der Waals surface area (Å²) in [7, 11) is 0. The van der Waals surface area contributed by atoms with Crippen molar-refractivity contribution in [2.24, 2.45) is 5.92 Å². The fourth-order valence-electron chi connectivity index (χ4n) is 2.56. The summed E-state index contributed by atoms with van der Waals surface area (Å²) in [6.07, 6.45) is 6.85. The Labute approximate surface area is 125 Å². The maximum absolute atomic E-state index is 9.95. The van der Waals surface area contributed by atoms with Crippen LogP contribution in [0.3, 0.4) is 0 Å². The highest BCUT2D eigenvalue weighted by atomic mass is 79.9. The topological polar surface area (TPSA) is 32.3 Å². The van der Waals surface area contributed by atoms with Gasteiger partial charge in [0.25, 0.3) is 0 Å². The number of rotatable bonds is 4. The van der Waals surface area contributed by atoms with Gasteiger partial charge in [0.1, 0.15) is 5.75 Å². The highest BCUT2D eigenvalue weighted by Gasteiger charge is 2.13. The van der Waals surface area contributed by atoms with Crippen molar-refractivity contribution in [3.05, 3.63) is 26.6 Å². The lowest BCUT2D eigenvalue weighted by molar-refractivity contribution is 0.341. The van der Waals surface area contributed by atoms with Gasteiger partial charge >= 0.3 is 0 Å². The van der Waals surface area contributed by atoms with Crippen molar-refractivity contribution in [1.82, 2.24) is 5.32 Å². The van der Waals surface area contributed by atoms with Crippen LogP contribution in [-0.4, -0.2) is 11.7 Å². The van der Waals surface area contributed by atoms with Gasteiger partial charge in [-0.15, -0.1) is 0 Å². The number of halogens is 2. The molecule has 100 valence electrons. The van der Waals surface area contributed by atoms with Crippen LogP contribution in [0.4, 0.5) is 0 Å². The summed E-state index contributed by atoms with van der Waals surface area (Å²) >= 11 is 6.80. The lowest BCUT2D eigenvalue weighted by Crippen LogP contribution is -2.24. The van der Waals surface area contributed by atoms with Gasteiger partial charge in [0.05, 0.1) is 4.47 Å². The fourth-order valence-corrected chi connectivity index (χ4v) is 3.87. The average Bonchev–Trinajstić information content (AvgIpc) is 2.36. The van der Waals surface area contributed by atoms with Gasteiger partial charge in [-0.2, -0.15) is 0 Å². The predicted molar refractivity (Wildman–Crippen MR) is 81.8 cm³/mol. The number of phenolic OH excluding ortho intramolecular Hbond substituents is 1. The number of hydrogen-bond donors (Lipinski definition) is 2. The van der Waals surface area contributed by atoms with Crippen LogP contribution in [-0.2, 0) is 6.54 Å². The van der Waals surface area contributed by atoms with Crippen molar-refractivity contribution in [1.29, 1.82) is 0 Å². The van der Waals surface area contributed by atoms with Crippen LogP contribution in [0.25, 0.3) is 0 Å². The van der Waals surface area contributed by atoms with E-state index in [1.165, 1.54) is 32.1 Å². The molecule has 1 fully saturated rings. The molecule has 0 heterocycles. The summed E-state index contributed by atoms with van der Waals surface area (Å²) in [6, 6.07) is 3.83. The second kappa shape index (κ2) is 6.92. The zero-order valence-corrected chi connectivity index (χ0v) is 13.6. The first-order valence-electron chi connectivity index (χ1n) is 6.54. The first-order valence-corrected chi connectivity index (χ1v) is 8.13. The molecule has 2 nitrogen and oxygen atoms in total. The molecule has 4 heteroatoms. The molecule has 1 aromatic rings. The normalized spacial score (nSPS) is 17.0. The van der Waals surface area contributed by atoms with Gasteiger partial charge in [-0.05, 0) is 53.4 Å². The number of aromatic hydroxyl groups is 1. The molecule has 2 rings (SSSR count). The summed E-state index contributed by atoms with van der Waals surface area (Å²) in [5, 5.41) is 13.4. The summed E-state index contributed by atoms with van der Waals surface area (Å²) < 4.78 is 1.73. The van der Waals surface area contributed by atoms with Crippen LogP contribution in [0.2, 0.25) is 0 Å². The maximum Gasteiger partial charge on any atom is 0.134 e. The van der Waals surface area contributed by atoms with Crippen molar-refractivity contribution in [3.63, 3.8) is 0 Å². The van der Waals surface area contributed by atoms with E-state index in [-0.39, 0.29) is 0 Å². The Morgan fingerprint density at radius 2 is 1.89 bits per heavy atom. The number of benzene rings is 1. The maximum atomic E-state index is 9.95. The number of phenols is 1. The van der Waals surface area contributed by atoms with Crippen molar-refractivity contribution >= 4 is 31.9 Å². The van der Waals surface area contributed by atoms with Gasteiger partial charge in [-0.1, -0.05) is 35.2 Å². The zero-order valence-electron chi connectivity index (χ0n) is 10.4. The molecule has 1 aliphatic rings. The Kier molecular flexibility index (Phi) is 5.52. The largest absolute Gasteiger partial charge is 0.506 e. The first kappa shape index (κ1) is 14.4.